The van der Waals surface area contributed by atoms with E-state index in [1.54, 1.807) is 0 Å². The van der Waals surface area contributed by atoms with E-state index in [-0.39, 0.29) is 36.2 Å². The van der Waals surface area contributed by atoms with Crippen LogP contribution in [0.5, 0.6) is 0 Å². The predicted molar refractivity (Wildman–Crippen MR) is 123 cm³/mol. The summed E-state index contributed by atoms with van der Waals surface area (Å²) in [6, 6.07) is 2.12. The van der Waals surface area contributed by atoms with E-state index in [4.69, 9.17) is 14.5 Å². The van der Waals surface area contributed by atoms with Crippen LogP contribution in [0.4, 0.5) is 0 Å². The lowest BCUT2D eigenvalue weighted by Crippen LogP contribution is -2.53. The molecule has 28 heavy (non-hydrogen) atoms. The minimum absolute atomic E-state index is 0. The van der Waals surface area contributed by atoms with Crippen LogP contribution in [0, 0.1) is 19.8 Å². The first-order valence-corrected chi connectivity index (χ1v) is 10.3. The quantitative estimate of drug-likeness (QED) is 0.366. The lowest BCUT2D eigenvalue weighted by Gasteiger charge is -2.37. The van der Waals surface area contributed by atoms with E-state index in [1.807, 2.05) is 6.92 Å². The van der Waals surface area contributed by atoms with Crippen LogP contribution >= 0.6 is 24.0 Å². The lowest BCUT2D eigenvalue weighted by atomic mass is 10.1. The second kappa shape index (κ2) is 11.3. The summed E-state index contributed by atoms with van der Waals surface area (Å²) in [5, 5.41) is 8.02. The first-order valence-electron chi connectivity index (χ1n) is 10.3. The Hall–Kier alpha value is -0.870. The van der Waals surface area contributed by atoms with Gasteiger partial charge in [-0.1, -0.05) is 6.92 Å². The lowest BCUT2D eigenvalue weighted by molar-refractivity contribution is -0.0817. The van der Waals surface area contributed by atoms with Crippen LogP contribution in [0.2, 0.25) is 0 Å². The van der Waals surface area contributed by atoms with E-state index in [0.29, 0.717) is 5.92 Å². The summed E-state index contributed by atoms with van der Waals surface area (Å²) in [4.78, 5) is 7.25. The molecule has 0 aliphatic carbocycles. The monoisotopic (exact) mass is 505 g/mol. The van der Waals surface area contributed by atoms with E-state index < -0.39 is 0 Å². The van der Waals surface area contributed by atoms with E-state index in [2.05, 4.69) is 46.8 Å². The Morgan fingerprint density at radius 3 is 2.75 bits per heavy atom. The summed E-state index contributed by atoms with van der Waals surface area (Å²) in [5.74, 6) is 1.41. The molecule has 0 radical (unpaired) electrons. The van der Waals surface area contributed by atoms with Crippen molar-refractivity contribution in [2.45, 2.75) is 59.3 Å². The Balaban J connectivity index is 0.00000280. The van der Waals surface area contributed by atoms with Crippen molar-refractivity contribution in [1.82, 2.24) is 20.0 Å². The number of morpholine rings is 1. The van der Waals surface area contributed by atoms with Gasteiger partial charge in [0.05, 0.1) is 18.4 Å². The summed E-state index contributed by atoms with van der Waals surface area (Å²) in [7, 11) is 0. The third kappa shape index (κ3) is 6.32. The highest BCUT2D eigenvalue weighted by molar-refractivity contribution is 14.0. The first-order chi connectivity index (χ1) is 13.1. The van der Waals surface area contributed by atoms with Crippen molar-refractivity contribution in [2.24, 2.45) is 10.9 Å². The van der Waals surface area contributed by atoms with Gasteiger partial charge < -0.3 is 19.7 Å². The molecule has 3 heterocycles. The van der Waals surface area contributed by atoms with E-state index in [1.165, 1.54) is 5.69 Å². The van der Waals surface area contributed by atoms with Gasteiger partial charge in [-0.3, -0.25) is 9.67 Å². The zero-order valence-electron chi connectivity index (χ0n) is 17.7. The molecule has 2 aliphatic rings. The Morgan fingerprint density at radius 1 is 1.32 bits per heavy atom. The smallest absolute Gasteiger partial charge is 0.194 e. The van der Waals surface area contributed by atoms with Crippen molar-refractivity contribution in [2.75, 3.05) is 39.4 Å². The fraction of sp³-hybridized carbons (Fsp3) is 0.800. The topological polar surface area (TPSA) is 63.9 Å². The highest BCUT2D eigenvalue weighted by Crippen LogP contribution is 2.21. The van der Waals surface area contributed by atoms with Crippen LogP contribution in [0.15, 0.2) is 11.1 Å². The molecule has 160 valence electrons. The van der Waals surface area contributed by atoms with Crippen molar-refractivity contribution in [3.8, 4) is 0 Å². The predicted octanol–water partition coefficient (Wildman–Crippen LogP) is 2.60. The van der Waals surface area contributed by atoms with Gasteiger partial charge >= 0.3 is 0 Å². The minimum Gasteiger partial charge on any atom is -0.375 e. The number of hydrogen-bond donors (Lipinski definition) is 1. The summed E-state index contributed by atoms with van der Waals surface area (Å²) in [6.07, 6.45) is 2.63. The van der Waals surface area contributed by atoms with Gasteiger partial charge in [-0.25, -0.2) is 0 Å². The summed E-state index contributed by atoms with van der Waals surface area (Å²) >= 11 is 0. The maximum Gasteiger partial charge on any atom is 0.194 e. The van der Waals surface area contributed by atoms with Crippen molar-refractivity contribution in [3.63, 3.8) is 0 Å². The zero-order valence-corrected chi connectivity index (χ0v) is 20.0. The van der Waals surface area contributed by atoms with Crippen LogP contribution < -0.4 is 5.32 Å². The highest BCUT2D eigenvalue weighted by atomic mass is 127. The summed E-state index contributed by atoms with van der Waals surface area (Å²) in [6.45, 7) is 14.4. The van der Waals surface area contributed by atoms with Gasteiger partial charge in [-0.2, -0.15) is 5.10 Å². The molecule has 0 bridgehead atoms. The van der Waals surface area contributed by atoms with Crippen LogP contribution in [-0.2, 0) is 16.0 Å². The number of hydrogen-bond acceptors (Lipinski definition) is 4. The van der Waals surface area contributed by atoms with Gasteiger partial charge in [0.15, 0.2) is 5.96 Å². The average molecular weight is 505 g/mol. The number of rotatable bonds is 6. The van der Waals surface area contributed by atoms with Gasteiger partial charge in [-0.05, 0) is 45.6 Å². The van der Waals surface area contributed by atoms with Crippen LogP contribution in [0.1, 0.15) is 38.1 Å². The zero-order chi connectivity index (χ0) is 19.2. The number of aromatic nitrogens is 2. The van der Waals surface area contributed by atoms with Crippen LogP contribution in [0.3, 0.4) is 0 Å². The van der Waals surface area contributed by atoms with Crippen molar-refractivity contribution in [3.05, 3.63) is 17.5 Å². The Labute approximate surface area is 186 Å². The molecule has 0 amide bonds. The largest absolute Gasteiger partial charge is 0.375 e. The molecule has 1 N–H and O–H groups in total. The maximum absolute atomic E-state index is 5.98. The Bertz CT molecular complexity index is 630. The molecule has 0 spiro atoms. The molecule has 3 unspecified atom stereocenters. The molecule has 0 aromatic carbocycles. The molecule has 3 atom stereocenters. The summed E-state index contributed by atoms with van der Waals surface area (Å²) < 4.78 is 13.9. The number of ether oxygens (including phenoxy) is 2. The number of halogens is 1. The molecule has 1 aromatic heterocycles. The second-order valence-corrected chi connectivity index (χ2v) is 7.82. The van der Waals surface area contributed by atoms with E-state index in [0.717, 1.165) is 70.4 Å². The molecular weight excluding hydrogens is 469 g/mol. The number of aryl methyl sites for hydroxylation is 2. The fourth-order valence-electron chi connectivity index (χ4n) is 3.87. The molecular formula is C20H36IN5O2. The Morgan fingerprint density at radius 2 is 2.11 bits per heavy atom. The molecule has 7 nitrogen and oxygen atoms in total. The SMILES string of the molecule is CCNC(=NCC(C)Cn1nc(C)cc1C)N1CCOC(C2CCCO2)C1.I. The summed E-state index contributed by atoms with van der Waals surface area (Å²) in [5.41, 5.74) is 2.29. The molecule has 1 aromatic rings. The normalized spacial score (nSPS) is 24.1. The molecule has 2 saturated heterocycles. The first kappa shape index (κ1) is 23.4. The third-order valence-electron chi connectivity index (χ3n) is 5.25. The number of aliphatic imine (C=N–C) groups is 1. The van der Waals surface area contributed by atoms with E-state index >= 15 is 0 Å². The third-order valence-corrected chi connectivity index (χ3v) is 5.25. The van der Waals surface area contributed by atoms with Gasteiger partial charge in [0.1, 0.15) is 6.10 Å². The number of guanidine groups is 1. The molecule has 2 fully saturated rings. The molecule has 8 heteroatoms. The minimum atomic E-state index is 0. The van der Waals surface area contributed by atoms with E-state index in [9.17, 15) is 0 Å². The average Bonchev–Trinajstić information content (AvgIpc) is 3.29. The number of nitrogens with one attached hydrogen (secondary N) is 1. The highest BCUT2D eigenvalue weighted by Gasteiger charge is 2.32. The molecule has 2 aliphatic heterocycles. The van der Waals surface area contributed by atoms with Crippen LogP contribution in [0.25, 0.3) is 0 Å². The maximum atomic E-state index is 5.98. The van der Waals surface area contributed by atoms with Gasteiger partial charge in [0.2, 0.25) is 0 Å². The van der Waals surface area contributed by atoms with Crippen LogP contribution in [-0.4, -0.2) is 72.2 Å². The Kier molecular flexibility index (Phi) is 9.49. The van der Waals surface area contributed by atoms with Crippen molar-refractivity contribution < 1.29 is 9.47 Å². The molecule has 3 rings (SSSR count). The van der Waals surface area contributed by atoms with Gasteiger partial charge in [0, 0.05) is 45.0 Å². The van der Waals surface area contributed by atoms with Gasteiger partial charge in [-0.15, -0.1) is 24.0 Å². The standard InChI is InChI=1S/C20H35N5O2.HI/c1-5-21-20(22-12-15(2)13-25-17(4)11-16(3)23-25)24-8-10-27-19(14-24)18-7-6-9-26-18;/h11,15,18-19H,5-10,12-14H2,1-4H3,(H,21,22);1H. The van der Waals surface area contributed by atoms with Gasteiger partial charge in [0.25, 0.3) is 0 Å². The molecule has 0 saturated carbocycles. The fourth-order valence-corrected chi connectivity index (χ4v) is 3.87. The van der Waals surface area contributed by atoms with Crippen molar-refractivity contribution in [1.29, 1.82) is 0 Å². The van der Waals surface area contributed by atoms with Crippen molar-refractivity contribution >= 4 is 29.9 Å². The number of nitrogens with zero attached hydrogens (tertiary/aromatic N) is 4. The second-order valence-electron chi connectivity index (χ2n) is 7.82.